The van der Waals surface area contributed by atoms with Gasteiger partial charge in [0.25, 0.3) is 0 Å². The van der Waals surface area contributed by atoms with Crippen LogP contribution in [0.2, 0.25) is 5.02 Å². The summed E-state index contributed by atoms with van der Waals surface area (Å²) < 4.78 is 2.00. The highest BCUT2D eigenvalue weighted by Gasteiger charge is 2.41. The van der Waals surface area contributed by atoms with Gasteiger partial charge in [0.1, 0.15) is 22.6 Å². The maximum absolute atomic E-state index is 13.2. The second-order valence-electron chi connectivity index (χ2n) is 10.1. The van der Waals surface area contributed by atoms with Crippen molar-refractivity contribution < 1.29 is 9.90 Å². The monoisotopic (exact) mass is 556 g/mol. The Bertz CT molecular complexity index is 1670. The number of pyridine rings is 1. The number of fused-ring (bicyclic) bond motifs is 3. The van der Waals surface area contributed by atoms with E-state index in [9.17, 15) is 9.90 Å². The Balaban J connectivity index is 1.49. The Morgan fingerprint density at radius 2 is 1.92 bits per heavy atom. The zero-order chi connectivity index (χ0) is 27.3. The molecule has 3 aromatic heterocycles. The van der Waals surface area contributed by atoms with Crippen molar-refractivity contribution in [2.45, 2.75) is 38.8 Å². The first-order valence-electron chi connectivity index (χ1n) is 12.5. The quantitative estimate of drug-likeness (QED) is 0.380. The third-order valence-corrected chi connectivity index (χ3v) is 8.32. The number of hydrogen-bond acceptors (Lipinski definition) is 7. The van der Waals surface area contributed by atoms with Crippen LogP contribution in [-0.4, -0.2) is 60.1 Å². The molecule has 1 atom stereocenters. The van der Waals surface area contributed by atoms with Gasteiger partial charge >= 0.3 is 0 Å². The number of hydrogen-bond donors (Lipinski definition) is 1. The first-order valence-corrected chi connectivity index (χ1v) is 13.7. The van der Waals surface area contributed by atoms with Crippen LogP contribution in [0.1, 0.15) is 58.3 Å². The van der Waals surface area contributed by atoms with E-state index >= 15 is 0 Å². The zero-order valence-electron chi connectivity index (χ0n) is 21.6. The predicted octanol–water partition coefficient (Wildman–Crippen LogP) is 4.27. The number of likely N-dealkylation sites (tertiary alicyclic amines) is 1. The standard InChI is InChI=1S/C29H25ClN6O2S/c1-17-23(12-11-21-6-4-5-13-31-21)39-28-25(17)26(19-7-9-20(30)10-8-19)32-22(27-34-33-18(2)36(27)28)14-24(37)35-15-29(3,38)16-35/h4-10,13,22,38H,14-16H2,1-3H3/t22-/m0/s1. The van der Waals surface area contributed by atoms with E-state index in [1.165, 1.54) is 0 Å². The van der Waals surface area contributed by atoms with Gasteiger partial charge in [-0.05, 0) is 62.4 Å². The first-order chi connectivity index (χ1) is 18.7. The van der Waals surface area contributed by atoms with E-state index in [4.69, 9.17) is 16.6 Å². The van der Waals surface area contributed by atoms with Crippen molar-refractivity contribution in [2.75, 3.05) is 13.1 Å². The molecule has 4 aromatic rings. The van der Waals surface area contributed by atoms with E-state index in [-0.39, 0.29) is 12.3 Å². The summed E-state index contributed by atoms with van der Waals surface area (Å²) in [7, 11) is 0. The van der Waals surface area contributed by atoms with Crippen LogP contribution in [0.3, 0.4) is 0 Å². The molecule has 5 heterocycles. The third-order valence-electron chi connectivity index (χ3n) is 6.87. The summed E-state index contributed by atoms with van der Waals surface area (Å²) in [5, 5.41) is 20.5. The van der Waals surface area contributed by atoms with Crippen molar-refractivity contribution in [1.82, 2.24) is 24.6 Å². The van der Waals surface area contributed by atoms with E-state index in [2.05, 4.69) is 27.0 Å². The van der Waals surface area contributed by atoms with Gasteiger partial charge in [0.2, 0.25) is 5.91 Å². The van der Waals surface area contributed by atoms with Gasteiger partial charge in [-0.2, -0.15) is 0 Å². The van der Waals surface area contributed by atoms with Gasteiger partial charge < -0.3 is 10.0 Å². The fourth-order valence-corrected chi connectivity index (χ4v) is 6.29. The lowest BCUT2D eigenvalue weighted by Crippen LogP contribution is -2.61. The fraction of sp³-hybridized carbons (Fsp3) is 0.276. The summed E-state index contributed by atoms with van der Waals surface area (Å²) in [6.07, 6.45) is 1.84. The minimum atomic E-state index is -0.846. The van der Waals surface area contributed by atoms with Crippen molar-refractivity contribution in [3.8, 4) is 16.8 Å². The second kappa shape index (κ2) is 9.72. The summed E-state index contributed by atoms with van der Waals surface area (Å²) in [4.78, 5) is 25.2. The molecule has 1 N–H and O–H groups in total. The fourth-order valence-electron chi connectivity index (χ4n) is 4.95. The van der Waals surface area contributed by atoms with Crippen molar-refractivity contribution >= 4 is 34.6 Å². The number of carbonyl (C=O) groups is 1. The van der Waals surface area contributed by atoms with E-state index in [1.807, 2.05) is 60.9 Å². The molecule has 0 spiro atoms. The number of nitrogens with zero attached hydrogens (tertiary/aromatic N) is 6. The van der Waals surface area contributed by atoms with Crippen molar-refractivity contribution in [1.29, 1.82) is 0 Å². The van der Waals surface area contributed by atoms with Crippen LogP contribution < -0.4 is 0 Å². The van der Waals surface area contributed by atoms with Gasteiger partial charge in [-0.1, -0.05) is 29.8 Å². The maximum Gasteiger partial charge on any atom is 0.225 e. The molecule has 2 aliphatic heterocycles. The van der Waals surface area contributed by atoms with Crippen molar-refractivity contribution in [2.24, 2.45) is 4.99 Å². The van der Waals surface area contributed by atoms with E-state index < -0.39 is 11.6 Å². The van der Waals surface area contributed by atoms with Crippen LogP contribution in [0.5, 0.6) is 0 Å². The number of halogens is 1. The number of aromatic nitrogens is 4. The number of rotatable bonds is 3. The molecule has 8 nitrogen and oxygen atoms in total. The molecule has 1 amide bonds. The Morgan fingerprint density at radius 1 is 1.15 bits per heavy atom. The molecule has 0 radical (unpaired) electrons. The molecule has 1 fully saturated rings. The van der Waals surface area contributed by atoms with Crippen LogP contribution in [0.4, 0.5) is 0 Å². The highest BCUT2D eigenvalue weighted by molar-refractivity contribution is 7.15. The molecule has 0 aliphatic carbocycles. The predicted molar refractivity (Wildman–Crippen MR) is 151 cm³/mol. The number of thiophene rings is 1. The summed E-state index contributed by atoms with van der Waals surface area (Å²) in [6.45, 7) is 6.28. The van der Waals surface area contributed by atoms with Gasteiger partial charge in [0.05, 0.1) is 35.7 Å². The lowest BCUT2D eigenvalue weighted by molar-refractivity contribution is -0.152. The smallest absolute Gasteiger partial charge is 0.225 e. The average molecular weight is 557 g/mol. The maximum atomic E-state index is 13.2. The van der Waals surface area contributed by atoms with E-state index in [1.54, 1.807) is 29.4 Å². The Hall–Kier alpha value is -3.84. The summed E-state index contributed by atoms with van der Waals surface area (Å²) in [5.74, 6) is 7.69. The Morgan fingerprint density at radius 3 is 2.62 bits per heavy atom. The summed E-state index contributed by atoms with van der Waals surface area (Å²) in [6, 6.07) is 12.6. The van der Waals surface area contributed by atoms with Crippen LogP contribution in [0, 0.1) is 25.7 Å². The summed E-state index contributed by atoms with van der Waals surface area (Å²) >= 11 is 7.76. The minimum Gasteiger partial charge on any atom is -0.386 e. The number of aliphatic imine (C=N–C) groups is 1. The molecule has 0 bridgehead atoms. The zero-order valence-corrected chi connectivity index (χ0v) is 23.2. The van der Waals surface area contributed by atoms with Crippen LogP contribution in [0.15, 0.2) is 53.7 Å². The Labute approximate surface area is 235 Å². The molecular weight excluding hydrogens is 532 g/mol. The van der Waals surface area contributed by atoms with Crippen LogP contribution in [-0.2, 0) is 4.79 Å². The second-order valence-corrected chi connectivity index (χ2v) is 11.5. The molecule has 1 aromatic carbocycles. The third kappa shape index (κ3) is 4.76. The van der Waals surface area contributed by atoms with Crippen molar-refractivity contribution in [3.05, 3.63) is 92.6 Å². The van der Waals surface area contributed by atoms with Crippen LogP contribution >= 0.6 is 22.9 Å². The molecule has 0 saturated carbocycles. The topological polar surface area (TPSA) is 96.5 Å². The molecule has 1 saturated heterocycles. The van der Waals surface area contributed by atoms with Gasteiger partial charge in [0.15, 0.2) is 5.82 Å². The lowest BCUT2D eigenvalue weighted by Gasteiger charge is -2.44. The SMILES string of the molecule is Cc1c(C#Cc2ccccn2)sc2c1C(c1ccc(Cl)cc1)=N[C@@H](CC(=O)N1CC(C)(O)C1)c1nnc(C)n1-2. The summed E-state index contributed by atoms with van der Waals surface area (Å²) in [5.41, 5.74) is 3.39. The van der Waals surface area contributed by atoms with Gasteiger partial charge in [-0.3, -0.25) is 14.4 Å². The van der Waals surface area contributed by atoms with Gasteiger partial charge in [0, 0.05) is 22.3 Å². The molecule has 2 aliphatic rings. The number of amides is 1. The largest absolute Gasteiger partial charge is 0.386 e. The molecule has 10 heteroatoms. The van der Waals surface area contributed by atoms with Gasteiger partial charge in [-0.25, -0.2) is 4.98 Å². The molecular formula is C29H25ClN6O2S. The normalized spacial score (nSPS) is 17.2. The first kappa shape index (κ1) is 25.4. The molecule has 39 heavy (non-hydrogen) atoms. The number of β-amino-alcohol motifs (C(OH)–C–C–N with tert-alkyl or cyclic N) is 1. The Kier molecular flexibility index (Phi) is 6.34. The van der Waals surface area contributed by atoms with Crippen LogP contribution in [0.25, 0.3) is 5.00 Å². The van der Waals surface area contributed by atoms with E-state index in [0.717, 1.165) is 32.3 Å². The van der Waals surface area contributed by atoms with E-state index in [0.29, 0.717) is 35.5 Å². The number of aliphatic hydroxyl groups is 1. The lowest BCUT2D eigenvalue weighted by atomic mass is 9.96. The molecule has 196 valence electrons. The minimum absolute atomic E-state index is 0.0816. The molecule has 6 rings (SSSR count). The highest BCUT2D eigenvalue weighted by Crippen LogP contribution is 2.40. The van der Waals surface area contributed by atoms with Crippen molar-refractivity contribution in [3.63, 3.8) is 0 Å². The number of carbonyl (C=O) groups excluding carboxylic acids is 1. The average Bonchev–Trinajstić information content (AvgIpc) is 3.39. The molecule has 0 unspecified atom stereocenters. The number of benzene rings is 1. The highest BCUT2D eigenvalue weighted by atomic mass is 35.5. The van der Waals surface area contributed by atoms with Gasteiger partial charge in [-0.15, -0.1) is 21.5 Å². The number of aryl methyl sites for hydroxylation is 1.